The second-order valence-corrected chi connectivity index (χ2v) is 5.91. The summed E-state index contributed by atoms with van der Waals surface area (Å²) in [6.45, 7) is 3.56. The molecule has 1 atom stereocenters. The number of hydrogen-bond acceptors (Lipinski definition) is 6. The molecular weight excluding hydrogens is 324 g/mol. The van der Waals surface area contributed by atoms with E-state index in [4.69, 9.17) is 9.47 Å². The van der Waals surface area contributed by atoms with Crippen molar-refractivity contribution >= 4 is 23.5 Å². The maximum Gasteiger partial charge on any atom is 0.339 e. The van der Waals surface area contributed by atoms with Gasteiger partial charge in [-0.25, -0.2) is 4.79 Å². The van der Waals surface area contributed by atoms with E-state index >= 15 is 0 Å². The molecule has 2 rings (SSSR count). The fourth-order valence-electron chi connectivity index (χ4n) is 2.92. The van der Waals surface area contributed by atoms with Crippen molar-refractivity contribution in [2.24, 2.45) is 5.92 Å². The molecule has 0 radical (unpaired) electrons. The molecule has 7 heteroatoms. The Morgan fingerprint density at radius 2 is 2.04 bits per heavy atom. The van der Waals surface area contributed by atoms with Crippen LogP contribution in [0.3, 0.4) is 0 Å². The van der Waals surface area contributed by atoms with E-state index in [2.05, 4.69) is 5.32 Å². The molecule has 1 N–H and O–H groups in total. The van der Waals surface area contributed by atoms with Crippen molar-refractivity contribution in [1.82, 2.24) is 4.90 Å². The van der Waals surface area contributed by atoms with Crippen molar-refractivity contribution in [2.45, 2.75) is 19.8 Å². The van der Waals surface area contributed by atoms with Gasteiger partial charge in [0.15, 0.2) is 0 Å². The fraction of sp³-hybridized carbons (Fsp3) is 0.500. The number of amides is 1. The molecule has 1 saturated heterocycles. The highest BCUT2D eigenvalue weighted by molar-refractivity contribution is 6.01. The third-order valence-corrected chi connectivity index (χ3v) is 4.10. The molecule has 1 aromatic rings. The molecule has 7 nitrogen and oxygen atoms in total. The number of hydrogen-bond donors (Lipinski definition) is 1. The number of likely N-dealkylation sites (tertiary alicyclic amines) is 1. The third-order valence-electron chi connectivity index (χ3n) is 4.10. The molecule has 25 heavy (non-hydrogen) atoms. The van der Waals surface area contributed by atoms with Gasteiger partial charge in [0.1, 0.15) is 0 Å². The topological polar surface area (TPSA) is 84.9 Å². The Hall–Kier alpha value is -2.41. The molecule has 1 amide bonds. The van der Waals surface area contributed by atoms with Crippen molar-refractivity contribution in [2.75, 3.05) is 38.7 Å². The molecule has 0 saturated carbocycles. The number of ether oxygens (including phenoxy) is 2. The zero-order valence-electron chi connectivity index (χ0n) is 14.6. The summed E-state index contributed by atoms with van der Waals surface area (Å²) in [5.74, 6) is -1.13. The first-order valence-corrected chi connectivity index (χ1v) is 8.41. The van der Waals surface area contributed by atoms with Gasteiger partial charge in [0, 0.05) is 6.54 Å². The quantitative estimate of drug-likeness (QED) is 0.788. The van der Waals surface area contributed by atoms with E-state index in [1.807, 2.05) is 4.90 Å². The Balaban J connectivity index is 1.94. The van der Waals surface area contributed by atoms with Gasteiger partial charge in [-0.3, -0.25) is 14.5 Å². The molecule has 1 fully saturated rings. The standard InChI is InChI=1S/C18H24N2O5/c1-3-25-17(22)13-7-6-10-20(11-13)12-16(21)19-15-9-5-4-8-14(15)18(23)24-2/h4-5,8-9,13H,3,6-7,10-12H2,1-2H3,(H,19,21)/t13-/m1/s1. The van der Waals surface area contributed by atoms with Gasteiger partial charge in [0.2, 0.25) is 5.91 Å². The molecule has 136 valence electrons. The molecule has 1 heterocycles. The van der Waals surface area contributed by atoms with Crippen LogP contribution in [0.2, 0.25) is 0 Å². The highest BCUT2D eigenvalue weighted by Gasteiger charge is 2.28. The Morgan fingerprint density at radius 3 is 2.76 bits per heavy atom. The van der Waals surface area contributed by atoms with Gasteiger partial charge in [0.25, 0.3) is 0 Å². The van der Waals surface area contributed by atoms with Crippen molar-refractivity contribution in [1.29, 1.82) is 0 Å². The van der Waals surface area contributed by atoms with Gasteiger partial charge in [-0.1, -0.05) is 12.1 Å². The number of anilines is 1. The van der Waals surface area contributed by atoms with Gasteiger partial charge in [-0.2, -0.15) is 0 Å². The molecule has 0 bridgehead atoms. The maximum absolute atomic E-state index is 12.3. The lowest BCUT2D eigenvalue weighted by Crippen LogP contribution is -2.43. The zero-order valence-corrected chi connectivity index (χ0v) is 14.6. The van der Waals surface area contributed by atoms with E-state index in [1.165, 1.54) is 7.11 Å². The number of piperidine rings is 1. The average Bonchev–Trinajstić information content (AvgIpc) is 2.62. The van der Waals surface area contributed by atoms with Crippen molar-refractivity contribution in [3.8, 4) is 0 Å². The average molecular weight is 348 g/mol. The number of methoxy groups -OCH3 is 1. The number of esters is 2. The molecule has 1 aromatic carbocycles. The first kappa shape index (κ1) is 18.9. The number of carbonyl (C=O) groups is 3. The Bertz CT molecular complexity index is 632. The predicted octanol–water partition coefficient (Wildman–Crippen LogP) is 1.69. The van der Waals surface area contributed by atoms with E-state index in [0.717, 1.165) is 19.4 Å². The summed E-state index contributed by atoms with van der Waals surface area (Å²) in [6, 6.07) is 6.69. The van der Waals surface area contributed by atoms with Crippen LogP contribution in [0.25, 0.3) is 0 Å². The summed E-state index contributed by atoms with van der Waals surface area (Å²) >= 11 is 0. The number of carbonyl (C=O) groups excluding carboxylic acids is 3. The predicted molar refractivity (Wildman–Crippen MR) is 92.2 cm³/mol. The van der Waals surface area contributed by atoms with E-state index < -0.39 is 5.97 Å². The summed E-state index contributed by atoms with van der Waals surface area (Å²) < 4.78 is 9.79. The van der Waals surface area contributed by atoms with Crippen LogP contribution in [0.15, 0.2) is 24.3 Å². The summed E-state index contributed by atoms with van der Waals surface area (Å²) in [4.78, 5) is 37.9. The first-order valence-electron chi connectivity index (χ1n) is 8.41. The lowest BCUT2D eigenvalue weighted by molar-refractivity contribution is -0.150. The lowest BCUT2D eigenvalue weighted by Gasteiger charge is -2.30. The van der Waals surface area contributed by atoms with Crippen LogP contribution in [0, 0.1) is 5.92 Å². The maximum atomic E-state index is 12.3. The zero-order chi connectivity index (χ0) is 18.2. The number of rotatable bonds is 6. The normalized spacial score (nSPS) is 17.6. The van der Waals surface area contributed by atoms with Gasteiger partial charge in [0.05, 0.1) is 37.4 Å². The van der Waals surface area contributed by atoms with E-state index in [9.17, 15) is 14.4 Å². The fourth-order valence-corrected chi connectivity index (χ4v) is 2.92. The highest BCUT2D eigenvalue weighted by Crippen LogP contribution is 2.19. The molecule has 1 aliphatic rings. The van der Waals surface area contributed by atoms with Crippen LogP contribution < -0.4 is 5.32 Å². The minimum Gasteiger partial charge on any atom is -0.466 e. The van der Waals surface area contributed by atoms with Crippen molar-refractivity contribution in [3.05, 3.63) is 29.8 Å². The van der Waals surface area contributed by atoms with E-state index in [0.29, 0.717) is 24.4 Å². The number of nitrogens with one attached hydrogen (secondary N) is 1. The second kappa shape index (κ2) is 9.17. The Morgan fingerprint density at radius 1 is 1.28 bits per heavy atom. The summed E-state index contributed by atoms with van der Waals surface area (Å²) in [7, 11) is 1.30. The summed E-state index contributed by atoms with van der Waals surface area (Å²) in [6.07, 6.45) is 1.62. The monoisotopic (exact) mass is 348 g/mol. The smallest absolute Gasteiger partial charge is 0.339 e. The second-order valence-electron chi connectivity index (χ2n) is 5.91. The van der Waals surface area contributed by atoms with Crippen LogP contribution in [-0.2, 0) is 19.1 Å². The number of benzene rings is 1. The molecule has 0 spiro atoms. The van der Waals surface area contributed by atoms with Crippen LogP contribution in [0.4, 0.5) is 5.69 Å². The number of para-hydroxylation sites is 1. The Kier molecular flexibility index (Phi) is 6.94. The van der Waals surface area contributed by atoms with E-state index in [1.54, 1.807) is 31.2 Å². The van der Waals surface area contributed by atoms with E-state index in [-0.39, 0.29) is 24.3 Å². The lowest BCUT2D eigenvalue weighted by atomic mass is 9.98. The van der Waals surface area contributed by atoms with Gasteiger partial charge >= 0.3 is 11.9 Å². The van der Waals surface area contributed by atoms with Crippen LogP contribution in [-0.4, -0.2) is 56.1 Å². The largest absolute Gasteiger partial charge is 0.466 e. The van der Waals surface area contributed by atoms with Crippen LogP contribution in [0.5, 0.6) is 0 Å². The molecular formula is C18H24N2O5. The minimum absolute atomic E-state index is 0.158. The Labute approximate surface area is 147 Å². The molecule has 0 unspecified atom stereocenters. The molecule has 0 aromatic heterocycles. The van der Waals surface area contributed by atoms with Crippen molar-refractivity contribution in [3.63, 3.8) is 0 Å². The van der Waals surface area contributed by atoms with Gasteiger partial charge in [-0.15, -0.1) is 0 Å². The van der Waals surface area contributed by atoms with Gasteiger partial charge in [-0.05, 0) is 38.4 Å². The molecule has 0 aliphatic carbocycles. The summed E-state index contributed by atoms with van der Waals surface area (Å²) in [5.41, 5.74) is 0.722. The summed E-state index contributed by atoms with van der Waals surface area (Å²) in [5, 5.41) is 2.74. The van der Waals surface area contributed by atoms with Crippen molar-refractivity contribution < 1.29 is 23.9 Å². The first-order chi connectivity index (χ1) is 12.0. The van der Waals surface area contributed by atoms with Crippen LogP contribution >= 0.6 is 0 Å². The van der Waals surface area contributed by atoms with Gasteiger partial charge < -0.3 is 14.8 Å². The third kappa shape index (κ3) is 5.29. The number of nitrogens with zero attached hydrogens (tertiary/aromatic N) is 1. The molecule has 1 aliphatic heterocycles. The SMILES string of the molecule is CCOC(=O)[C@@H]1CCCN(CC(=O)Nc2ccccc2C(=O)OC)C1. The van der Waals surface area contributed by atoms with Crippen LogP contribution in [0.1, 0.15) is 30.1 Å². The minimum atomic E-state index is -0.503. The highest BCUT2D eigenvalue weighted by atomic mass is 16.5.